The van der Waals surface area contributed by atoms with Crippen molar-refractivity contribution in [3.63, 3.8) is 0 Å². The summed E-state index contributed by atoms with van der Waals surface area (Å²) in [6.45, 7) is 0.412. The van der Waals surface area contributed by atoms with E-state index in [0.29, 0.717) is 24.2 Å². The number of nitrogens with zero attached hydrogens (tertiary/aromatic N) is 1. The summed E-state index contributed by atoms with van der Waals surface area (Å²) in [6, 6.07) is 12.8. The number of hydrogen-bond acceptors (Lipinski definition) is 7. The summed E-state index contributed by atoms with van der Waals surface area (Å²) in [5.41, 5.74) is 1.30. The van der Waals surface area contributed by atoms with Gasteiger partial charge in [0.1, 0.15) is 6.10 Å². The number of ether oxygens (including phenoxy) is 2. The van der Waals surface area contributed by atoms with Crippen LogP contribution in [0.5, 0.6) is 0 Å². The highest BCUT2D eigenvalue weighted by atomic mass is 32.2. The van der Waals surface area contributed by atoms with Crippen LogP contribution in [-0.4, -0.2) is 50.3 Å². The summed E-state index contributed by atoms with van der Waals surface area (Å²) in [4.78, 5) is 36.3. The molecule has 0 spiro atoms. The van der Waals surface area contributed by atoms with Gasteiger partial charge in [-0.25, -0.2) is 13.2 Å². The first kappa shape index (κ1) is 22.9. The van der Waals surface area contributed by atoms with Crippen LogP contribution in [0.4, 0.5) is 5.69 Å². The topological polar surface area (TPSA) is 119 Å². The van der Waals surface area contributed by atoms with Crippen molar-refractivity contribution in [2.45, 2.75) is 36.7 Å². The standard InChI is InChI=1S/C23H24N2O7S/c26-21(15-31-22(27)14-20-18-9-2-3-10-19(18)23(28)32-20)24-16-7-6-8-17(13-16)33(29,30)25-11-4-1-5-12-25/h2-3,6-10,13,20H,1,4-5,11-12,14-15H2,(H,24,26)/t20-/m1/s1. The quantitative estimate of drug-likeness (QED) is 0.615. The van der Waals surface area contributed by atoms with E-state index in [0.717, 1.165) is 19.3 Å². The molecule has 1 fully saturated rings. The zero-order chi connectivity index (χ0) is 23.4. The average molecular weight is 473 g/mol. The number of carbonyl (C=O) groups is 3. The molecule has 2 aromatic rings. The molecule has 0 bridgehead atoms. The molecular formula is C23H24N2O7S. The lowest BCUT2D eigenvalue weighted by atomic mass is 10.0. The fraction of sp³-hybridized carbons (Fsp3) is 0.348. The summed E-state index contributed by atoms with van der Waals surface area (Å²) in [5, 5.41) is 2.54. The number of cyclic esters (lactones) is 1. The Balaban J connectivity index is 1.31. The number of benzene rings is 2. The maximum absolute atomic E-state index is 12.8. The number of fused-ring (bicyclic) bond motifs is 1. The number of rotatable bonds is 7. The van der Waals surface area contributed by atoms with Gasteiger partial charge in [-0.2, -0.15) is 4.31 Å². The lowest BCUT2D eigenvalue weighted by Gasteiger charge is -2.26. The number of nitrogens with one attached hydrogen (secondary N) is 1. The predicted octanol–water partition coefficient (Wildman–Crippen LogP) is 2.64. The third-order valence-electron chi connectivity index (χ3n) is 5.56. The van der Waals surface area contributed by atoms with Crippen LogP contribution in [-0.2, 0) is 29.1 Å². The van der Waals surface area contributed by atoms with E-state index in [1.165, 1.54) is 16.4 Å². The Bertz CT molecular complexity index is 1170. The highest BCUT2D eigenvalue weighted by molar-refractivity contribution is 7.89. The number of esters is 2. The van der Waals surface area contributed by atoms with E-state index in [1.54, 1.807) is 36.4 Å². The number of hydrogen-bond donors (Lipinski definition) is 1. The molecule has 2 aromatic carbocycles. The number of amides is 1. The minimum Gasteiger partial charge on any atom is -0.455 e. The minimum atomic E-state index is -3.63. The molecule has 1 amide bonds. The summed E-state index contributed by atoms with van der Waals surface area (Å²) >= 11 is 0. The second-order valence-electron chi connectivity index (χ2n) is 7.89. The van der Waals surface area contributed by atoms with Gasteiger partial charge in [-0.1, -0.05) is 30.7 Å². The molecule has 4 rings (SSSR count). The highest BCUT2D eigenvalue weighted by Crippen LogP contribution is 2.33. The summed E-state index contributed by atoms with van der Waals surface area (Å²) in [6.07, 6.45) is 1.70. The molecule has 2 aliphatic heterocycles. The van der Waals surface area contributed by atoms with Gasteiger partial charge >= 0.3 is 11.9 Å². The van der Waals surface area contributed by atoms with Gasteiger partial charge in [0, 0.05) is 24.3 Å². The SMILES string of the molecule is O=C(COC(=O)C[C@H]1OC(=O)c2ccccc21)Nc1cccc(S(=O)(=O)N2CCCCC2)c1. The third-order valence-corrected chi connectivity index (χ3v) is 7.46. The number of carbonyl (C=O) groups excluding carboxylic acids is 3. The van der Waals surface area contributed by atoms with Crippen LogP contribution in [0.2, 0.25) is 0 Å². The van der Waals surface area contributed by atoms with Crippen molar-refractivity contribution in [3.8, 4) is 0 Å². The zero-order valence-electron chi connectivity index (χ0n) is 17.9. The Labute approximate surface area is 191 Å². The second-order valence-corrected chi connectivity index (χ2v) is 9.82. The van der Waals surface area contributed by atoms with E-state index < -0.39 is 40.6 Å². The first-order valence-electron chi connectivity index (χ1n) is 10.7. The van der Waals surface area contributed by atoms with Gasteiger partial charge in [0.05, 0.1) is 16.9 Å². The van der Waals surface area contributed by atoms with Crippen LogP contribution in [0.15, 0.2) is 53.4 Å². The number of sulfonamides is 1. The number of anilines is 1. The normalized spacial score (nSPS) is 18.3. The third kappa shape index (κ3) is 5.23. The Morgan fingerprint density at radius 1 is 1.06 bits per heavy atom. The molecule has 0 aromatic heterocycles. The van der Waals surface area contributed by atoms with Gasteiger partial charge in [-0.15, -0.1) is 0 Å². The van der Waals surface area contributed by atoms with E-state index in [-0.39, 0.29) is 17.0 Å². The van der Waals surface area contributed by atoms with Crippen molar-refractivity contribution in [2.24, 2.45) is 0 Å². The van der Waals surface area contributed by atoms with Crippen LogP contribution >= 0.6 is 0 Å². The molecule has 0 saturated carbocycles. The Morgan fingerprint density at radius 2 is 1.82 bits per heavy atom. The molecular weight excluding hydrogens is 448 g/mol. The van der Waals surface area contributed by atoms with E-state index in [1.807, 2.05) is 0 Å². The van der Waals surface area contributed by atoms with Gasteiger partial charge in [-0.3, -0.25) is 9.59 Å². The van der Waals surface area contributed by atoms with Gasteiger partial charge in [0.25, 0.3) is 5.91 Å². The van der Waals surface area contributed by atoms with Crippen molar-refractivity contribution in [2.75, 3.05) is 25.0 Å². The van der Waals surface area contributed by atoms with Crippen molar-refractivity contribution >= 4 is 33.6 Å². The van der Waals surface area contributed by atoms with Gasteiger partial charge < -0.3 is 14.8 Å². The Hall–Kier alpha value is -3.24. The van der Waals surface area contributed by atoms with E-state index in [4.69, 9.17) is 9.47 Å². The molecule has 0 aliphatic carbocycles. The summed E-state index contributed by atoms with van der Waals surface area (Å²) in [5.74, 6) is -1.80. The van der Waals surface area contributed by atoms with Gasteiger partial charge in [0.2, 0.25) is 10.0 Å². The molecule has 2 heterocycles. The largest absolute Gasteiger partial charge is 0.455 e. The van der Waals surface area contributed by atoms with E-state index in [2.05, 4.69) is 5.32 Å². The van der Waals surface area contributed by atoms with Gasteiger partial charge in [-0.05, 0) is 37.1 Å². The number of piperidine rings is 1. The second kappa shape index (κ2) is 9.72. The van der Waals surface area contributed by atoms with Crippen LogP contribution in [0.3, 0.4) is 0 Å². The minimum absolute atomic E-state index is 0.0981. The van der Waals surface area contributed by atoms with Crippen molar-refractivity contribution in [1.82, 2.24) is 4.31 Å². The summed E-state index contributed by atoms with van der Waals surface area (Å²) < 4.78 is 37.3. The molecule has 1 N–H and O–H groups in total. The molecule has 2 aliphatic rings. The van der Waals surface area contributed by atoms with Crippen molar-refractivity contribution in [3.05, 3.63) is 59.7 Å². The highest BCUT2D eigenvalue weighted by Gasteiger charge is 2.32. The Kier molecular flexibility index (Phi) is 6.75. The summed E-state index contributed by atoms with van der Waals surface area (Å²) in [7, 11) is -3.63. The van der Waals surface area contributed by atoms with Crippen LogP contribution in [0.1, 0.15) is 47.7 Å². The fourth-order valence-electron chi connectivity index (χ4n) is 3.91. The van der Waals surface area contributed by atoms with E-state index >= 15 is 0 Å². The lowest BCUT2D eigenvalue weighted by Crippen LogP contribution is -2.35. The molecule has 0 radical (unpaired) electrons. The average Bonchev–Trinajstić information content (AvgIpc) is 3.14. The lowest BCUT2D eigenvalue weighted by molar-refractivity contribution is -0.149. The first-order valence-corrected chi connectivity index (χ1v) is 12.1. The molecule has 10 heteroatoms. The Morgan fingerprint density at radius 3 is 2.61 bits per heavy atom. The molecule has 1 atom stereocenters. The maximum atomic E-state index is 12.8. The molecule has 0 unspecified atom stereocenters. The van der Waals surface area contributed by atoms with Crippen molar-refractivity contribution in [1.29, 1.82) is 0 Å². The van der Waals surface area contributed by atoms with Crippen molar-refractivity contribution < 1.29 is 32.3 Å². The smallest absolute Gasteiger partial charge is 0.339 e. The zero-order valence-corrected chi connectivity index (χ0v) is 18.7. The fourth-order valence-corrected chi connectivity index (χ4v) is 5.48. The molecule has 174 valence electrons. The van der Waals surface area contributed by atoms with Crippen LogP contribution in [0.25, 0.3) is 0 Å². The molecule has 9 nitrogen and oxygen atoms in total. The van der Waals surface area contributed by atoms with E-state index in [9.17, 15) is 22.8 Å². The maximum Gasteiger partial charge on any atom is 0.339 e. The molecule has 33 heavy (non-hydrogen) atoms. The monoisotopic (exact) mass is 472 g/mol. The van der Waals surface area contributed by atoms with Gasteiger partial charge in [0.15, 0.2) is 6.61 Å². The van der Waals surface area contributed by atoms with Crippen LogP contribution in [0, 0.1) is 0 Å². The first-order chi connectivity index (χ1) is 15.8. The van der Waals surface area contributed by atoms with Crippen LogP contribution < -0.4 is 5.32 Å². The predicted molar refractivity (Wildman–Crippen MR) is 118 cm³/mol. The molecule has 1 saturated heterocycles.